The number of carboxylic acid groups (broad SMARTS) is 1. The van der Waals surface area contributed by atoms with Crippen LogP contribution in [0, 0.1) is 5.92 Å². The Bertz CT molecular complexity index is 1950. The molecule has 0 spiro atoms. The average Bonchev–Trinajstić information content (AvgIpc) is 3.60. The number of ether oxygens (including phenoxy) is 1. The van der Waals surface area contributed by atoms with Crippen LogP contribution in [0.1, 0.15) is 51.0 Å². The van der Waals surface area contributed by atoms with Crippen LogP contribution in [0.25, 0.3) is 22.0 Å². The molecule has 4 heterocycles. The fourth-order valence-corrected chi connectivity index (χ4v) is 7.63. The van der Waals surface area contributed by atoms with Gasteiger partial charge in [0, 0.05) is 41.7 Å². The summed E-state index contributed by atoms with van der Waals surface area (Å²) in [5.41, 5.74) is 1.03. The minimum atomic E-state index is -1.45. The van der Waals surface area contributed by atoms with Crippen molar-refractivity contribution in [3.8, 4) is 27.7 Å². The third-order valence-electron chi connectivity index (χ3n) is 9.93. The molecule has 1 saturated carbocycles. The lowest BCUT2D eigenvalue weighted by molar-refractivity contribution is -0.145. The van der Waals surface area contributed by atoms with Gasteiger partial charge in [-0.05, 0) is 62.1 Å². The smallest absolute Gasteiger partial charge is 0.330 e. The molecule has 1 saturated heterocycles. The van der Waals surface area contributed by atoms with Crippen LogP contribution in [0.15, 0.2) is 78.3 Å². The van der Waals surface area contributed by atoms with Crippen LogP contribution in [-0.4, -0.2) is 85.1 Å². The lowest BCUT2D eigenvalue weighted by atomic mass is 10.0. The lowest BCUT2D eigenvalue weighted by Crippen LogP contribution is -2.56. The van der Waals surface area contributed by atoms with Crippen molar-refractivity contribution in [1.29, 1.82) is 0 Å². The summed E-state index contributed by atoms with van der Waals surface area (Å²) in [6.45, 7) is 0.0623. The van der Waals surface area contributed by atoms with Crippen molar-refractivity contribution in [3.63, 3.8) is 0 Å². The van der Waals surface area contributed by atoms with E-state index in [1.165, 1.54) is 21.0 Å². The van der Waals surface area contributed by atoms with E-state index in [2.05, 4.69) is 20.9 Å². The second kappa shape index (κ2) is 15.0. The Balaban J connectivity index is 1.22. The van der Waals surface area contributed by atoms with Crippen molar-refractivity contribution in [2.24, 2.45) is 5.92 Å². The van der Waals surface area contributed by atoms with Gasteiger partial charge in [0.1, 0.15) is 39.8 Å². The number of carbonyl (C=O) groups excluding carboxylic acids is 3. The van der Waals surface area contributed by atoms with Gasteiger partial charge in [0.2, 0.25) is 11.8 Å². The van der Waals surface area contributed by atoms with Gasteiger partial charge in [0.15, 0.2) is 0 Å². The number of benzene rings is 2. The molecule has 5 atom stereocenters. The predicted molar refractivity (Wildman–Crippen MR) is 193 cm³/mol. The number of hydrogen-bond acceptors (Lipinski definition) is 9. The van der Waals surface area contributed by atoms with Crippen molar-refractivity contribution in [1.82, 2.24) is 35.5 Å². The highest BCUT2D eigenvalue weighted by atomic mass is 32.1. The molecule has 2 aromatic heterocycles. The molecule has 0 bridgehead atoms. The molecule has 52 heavy (non-hydrogen) atoms. The SMILES string of the molecule is COc1ccc(-c2nn([C@@H]3C[C@H]4C(=O)N[C@@]5(C(=O)O)C[C@@H]5/C=C\CCCCC[C@@H](NC(=O)Nc5ccccc5)C(=O)N4C3)nc2-c2nccs2)cc1. The van der Waals surface area contributed by atoms with Crippen molar-refractivity contribution >= 4 is 40.8 Å². The molecule has 2 aliphatic heterocycles. The Labute approximate surface area is 304 Å². The summed E-state index contributed by atoms with van der Waals surface area (Å²) in [7, 11) is 1.59. The van der Waals surface area contributed by atoms with E-state index in [0.717, 1.165) is 24.8 Å². The first-order chi connectivity index (χ1) is 25.3. The van der Waals surface area contributed by atoms with Gasteiger partial charge in [-0.1, -0.05) is 43.2 Å². The number of carbonyl (C=O) groups is 4. The van der Waals surface area contributed by atoms with Gasteiger partial charge in [-0.3, -0.25) is 9.59 Å². The third-order valence-corrected chi connectivity index (χ3v) is 10.7. The van der Waals surface area contributed by atoms with Gasteiger partial charge in [-0.25, -0.2) is 14.6 Å². The maximum atomic E-state index is 14.5. The number of urea groups is 1. The van der Waals surface area contributed by atoms with E-state index in [9.17, 15) is 24.3 Å². The Morgan fingerprint density at radius 2 is 1.83 bits per heavy atom. The number of methoxy groups -OCH3 is 1. The lowest BCUT2D eigenvalue weighted by Gasteiger charge is -2.29. The number of fused-ring (bicyclic) bond motifs is 2. The number of aromatic nitrogens is 4. The van der Waals surface area contributed by atoms with E-state index in [4.69, 9.17) is 14.9 Å². The molecule has 2 fully saturated rings. The van der Waals surface area contributed by atoms with E-state index in [1.54, 1.807) is 37.6 Å². The number of anilines is 1. The zero-order valence-electron chi connectivity index (χ0n) is 28.6. The summed E-state index contributed by atoms with van der Waals surface area (Å²) in [5.74, 6) is -1.78. The molecule has 0 unspecified atom stereocenters. The van der Waals surface area contributed by atoms with E-state index in [0.29, 0.717) is 40.7 Å². The number of para-hydroxylation sites is 1. The number of carboxylic acids is 1. The molecule has 270 valence electrons. The first-order valence-corrected chi connectivity index (χ1v) is 18.3. The molecule has 0 radical (unpaired) electrons. The van der Waals surface area contributed by atoms with Gasteiger partial charge in [-0.15, -0.1) is 16.4 Å². The number of nitrogens with one attached hydrogen (secondary N) is 3. The van der Waals surface area contributed by atoms with Gasteiger partial charge in [0.25, 0.3) is 0 Å². The Morgan fingerprint density at radius 3 is 2.56 bits per heavy atom. The minimum Gasteiger partial charge on any atom is -0.497 e. The fraction of sp³-hybridized carbons (Fsp3) is 0.378. The van der Waals surface area contributed by atoms with Crippen molar-refractivity contribution < 1.29 is 29.0 Å². The molecule has 4 aromatic rings. The highest BCUT2D eigenvalue weighted by Crippen LogP contribution is 2.46. The molecule has 4 amide bonds. The summed E-state index contributed by atoms with van der Waals surface area (Å²) in [6, 6.07) is 13.3. The summed E-state index contributed by atoms with van der Waals surface area (Å²) in [4.78, 5) is 61.9. The summed E-state index contributed by atoms with van der Waals surface area (Å²) < 4.78 is 5.34. The van der Waals surface area contributed by atoms with Gasteiger partial charge >= 0.3 is 12.0 Å². The second-order valence-corrected chi connectivity index (χ2v) is 14.2. The van der Waals surface area contributed by atoms with E-state index < -0.39 is 47.5 Å². The van der Waals surface area contributed by atoms with Crippen molar-refractivity contribution in [2.45, 2.75) is 68.6 Å². The number of rotatable bonds is 7. The van der Waals surface area contributed by atoms with Crippen molar-refractivity contribution in [2.75, 3.05) is 19.0 Å². The highest BCUT2D eigenvalue weighted by molar-refractivity contribution is 7.13. The topological polar surface area (TPSA) is 181 Å². The number of allylic oxidation sites excluding steroid dienone is 1. The van der Waals surface area contributed by atoms with Crippen LogP contribution in [0.5, 0.6) is 5.75 Å². The number of aliphatic carboxylic acids is 1. The maximum Gasteiger partial charge on any atom is 0.330 e. The Kier molecular flexibility index (Phi) is 10.0. The van der Waals surface area contributed by atoms with Crippen LogP contribution in [0.4, 0.5) is 10.5 Å². The average molecular weight is 725 g/mol. The van der Waals surface area contributed by atoms with Crippen molar-refractivity contribution in [3.05, 3.63) is 78.3 Å². The van der Waals surface area contributed by atoms with Gasteiger partial charge in [0.05, 0.1) is 13.2 Å². The molecule has 4 N–H and O–H groups in total. The molecule has 1 aliphatic carbocycles. The second-order valence-electron chi connectivity index (χ2n) is 13.3. The molecule has 15 heteroatoms. The minimum absolute atomic E-state index is 0.0623. The number of nitrogens with zero attached hydrogens (tertiary/aromatic N) is 5. The number of hydrogen-bond donors (Lipinski definition) is 4. The molecule has 3 aliphatic rings. The largest absolute Gasteiger partial charge is 0.497 e. The predicted octanol–water partition coefficient (Wildman–Crippen LogP) is 4.89. The van der Waals surface area contributed by atoms with E-state index >= 15 is 0 Å². The summed E-state index contributed by atoms with van der Waals surface area (Å²) >= 11 is 1.41. The highest BCUT2D eigenvalue weighted by Gasteiger charge is 2.61. The van der Waals surface area contributed by atoms with Crippen LogP contribution >= 0.6 is 11.3 Å². The van der Waals surface area contributed by atoms with Gasteiger partial charge in [-0.2, -0.15) is 9.90 Å². The zero-order chi connectivity index (χ0) is 36.2. The van der Waals surface area contributed by atoms with Crippen LogP contribution in [0.3, 0.4) is 0 Å². The van der Waals surface area contributed by atoms with Crippen LogP contribution < -0.4 is 20.7 Å². The third kappa shape index (κ3) is 7.26. The number of amides is 4. The zero-order valence-corrected chi connectivity index (χ0v) is 29.4. The van der Waals surface area contributed by atoms with Gasteiger partial charge < -0.3 is 30.7 Å². The molecular weight excluding hydrogens is 685 g/mol. The van der Waals surface area contributed by atoms with Crippen LogP contribution in [-0.2, 0) is 14.4 Å². The standard InChI is InChI=1S/C37H40N8O6S/c1-51-27-16-14-23(15-17-27)30-31(33-38-18-19-52-33)43-45(42-30)26-20-29-32(46)41-37(35(48)49)21-24(37)10-6-3-2-4-9-13-28(34(47)44(29)22-26)40-36(50)39-25-11-7-5-8-12-25/h5-8,10-12,14-19,24,26,28-29H,2-4,9,13,20-22H2,1H3,(H,41,46)(H,48,49)(H2,39,40,50)/b10-6-/t24-,26+,28+,29-,37-/m0/s1. The van der Waals surface area contributed by atoms with Crippen LogP contribution in [0.2, 0.25) is 0 Å². The maximum absolute atomic E-state index is 14.5. The van der Waals surface area contributed by atoms with E-state index in [-0.39, 0.29) is 25.3 Å². The first-order valence-electron chi connectivity index (χ1n) is 17.4. The summed E-state index contributed by atoms with van der Waals surface area (Å²) in [5, 5.41) is 30.9. The Hall–Kier alpha value is -5.57. The summed E-state index contributed by atoms with van der Waals surface area (Å²) in [6.07, 6.45) is 9.34. The molecule has 7 rings (SSSR count). The molecule has 14 nitrogen and oxygen atoms in total. The molecular formula is C37H40N8O6S. The monoisotopic (exact) mass is 724 g/mol. The Morgan fingerprint density at radius 1 is 1.04 bits per heavy atom. The fourth-order valence-electron chi connectivity index (χ4n) is 7.01. The number of thiazole rings is 1. The quantitative estimate of drug-likeness (QED) is 0.193. The van der Waals surface area contributed by atoms with E-state index in [1.807, 2.05) is 47.9 Å². The first kappa shape index (κ1) is 34.9. The normalized spacial score (nSPS) is 25.4. The molecule has 2 aromatic carbocycles.